The van der Waals surface area contributed by atoms with Crippen molar-refractivity contribution in [1.29, 1.82) is 0 Å². The summed E-state index contributed by atoms with van der Waals surface area (Å²) in [5.74, 6) is -0.0965. The van der Waals surface area contributed by atoms with E-state index in [1.54, 1.807) is 12.1 Å². The van der Waals surface area contributed by atoms with Gasteiger partial charge in [0.05, 0.1) is 21.4 Å². The van der Waals surface area contributed by atoms with Crippen LogP contribution >= 0.6 is 22.9 Å². The van der Waals surface area contributed by atoms with E-state index in [4.69, 9.17) is 17.3 Å². The molecule has 0 radical (unpaired) electrons. The molecule has 9 heteroatoms. The van der Waals surface area contributed by atoms with Crippen molar-refractivity contribution in [3.05, 3.63) is 56.9 Å². The molecule has 2 aliphatic rings. The molecule has 0 aliphatic carbocycles. The summed E-state index contributed by atoms with van der Waals surface area (Å²) in [6.07, 6.45) is 2.14. The van der Waals surface area contributed by atoms with Crippen molar-refractivity contribution in [1.82, 2.24) is 20.3 Å². The first-order valence-corrected chi connectivity index (χ1v) is 11.2. The first-order valence-electron chi connectivity index (χ1n) is 10.00. The van der Waals surface area contributed by atoms with Crippen LogP contribution in [0.15, 0.2) is 42.1 Å². The number of halogens is 1. The van der Waals surface area contributed by atoms with E-state index in [9.17, 15) is 4.79 Å². The van der Waals surface area contributed by atoms with Gasteiger partial charge < -0.3 is 16.0 Å². The molecule has 1 aromatic heterocycles. The molecule has 1 fully saturated rings. The molecular formula is C21H27ClN6OS. The molecule has 4 rings (SSSR count). The number of hydrazine groups is 2. The molecule has 3 heterocycles. The highest BCUT2D eigenvalue weighted by molar-refractivity contribution is 7.18. The van der Waals surface area contributed by atoms with Gasteiger partial charge in [0.1, 0.15) is 0 Å². The van der Waals surface area contributed by atoms with E-state index < -0.39 is 0 Å². The molecule has 160 valence electrons. The van der Waals surface area contributed by atoms with Crippen molar-refractivity contribution >= 4 is 40.2 Å². The van der Waals surface area contributed by atoms with Gasteiger partial charge in [0.15, 0.2) is 0 Å². The average Bonchev–Trinajstić information content (AvgIpc) is 3.35. The van der Waals surface area contributed by atoms with Crippen molar-refractivity contribution in [2.45, 2.75) is 6.92 Å². The minimum absolute atomic E-state index is 0.0965. The lowest BCUT2D eigenvalue weighted by Crippen LogP contribution is -2.55. The monoisotopic (exact) mass is 446 g/mol. The summed E-state index contributed by atoms with van der Waals surface area (Å²) in [4.78, 5) is 15.4. The van der Waals surface area contributed by atoms with Crippen LogP contribution in [0.1, 0.15) is 15.2 Å². The molecule has 3 N–H and O–H groups in total. The van der Waals surface area contributed by atoms with E-state index in [-0.39, 0.29) is 5.91 Å². The smallest absolute Gasteiger partial charge is 0.261 e. The zero-order valence-corrected chi connectivity index (χ0v) is 18.8. The standard InChI is InChI=1S/C21H27ClN6OS/c1-15-11-17(3-4-18(15)23)27-13-16(12-24-21(29)19-5-6-20(22)30-19)14-28(27)26-9-7-25(2)8-10-26/h3-6,11,14H,7-10,12-13,23H2,1-2H3,(H,24,29). The number of nitrogens with two attached hydrogens (primary N) is 1. The van der Waals surface area contributed by atoms with Crippen molar-refractivity contribution in [3.63, 3.8) is 0 Å². The highest BCUT2D eigenvalue weighted by atomic mass is 35.5. The number of amides is 1. The molecule has 0 spiro atoms. The van der Waals surface area contributed by atoms with Crippen LogP contribution in [0.3, 0.4) is 0 Å². The maximum Gasteiger partial charge on any atom is 0.261 e. The van der Waals surface area contributed by atoms with Gasteiger partial charge in [-0.25, -0.2) is 5.12 Å². The quantitative estimate of drug-likeness (QED) is 0.688. The maximum absolute atomic E-state index is 12.4. The third-order valence-corrected chi connectivity index (χ3v) is 6.72. The first-order chi connectivity index (χ1) is 14.4. The zero-order chi connectivity index (χ0) is 21.3. The lowest BCUT2D eigenvalue weighted by Gasteiger charge is -2.43. The summed E-state index contributed by atoms with van der Waals surface area (Å²) in [5, 5.41) is 9.80. The Morgan fingerprint density at radius 1 is 1.20 bits per heavy atom. The normalized spacial score (nSPS) is 18.0. The van der Waals surface area contributed by atoms with Gasteiger partial charge in [-0.05, 0) is 55.4 Å². The predicted octanol–water partition coefficient (Wildman–Crippen LogP) is 2.81. The molecule has 0 atom stereocenters. The molecular weight excluding hydrogens is 420 g/mol. The van der Waals surface area contributed by atoms with Crippen LogP contribution in [0.4, 0.5) is 11.4 Å². The van der Waals surface area contributed by atoms with Crippen LogP contribution in [0.2, 0.25) is 4.34 Å². The fourth-order valence-electron chi connectivity index (χ4n) is 3.62. The van der Waals surface area contributed by atoms with E-state index in [0.717, 1.165) is 48.7 Å². The number of nitrogens with one attached hydrogen (secondary N) is 1. The molecule has 2 aromatic rings. The van der Waals surface area contributed by atoms with Crippen LogP contribution in [0.5, 0.6) is 0 Å². The number of nitrogens with zero attached hydrogens (tertiary/aromatic N) is 4. The summed E-state index contributed by atoms with van der Waals surface area (Å²) in [5.41, 5.74) is 10.1. The molecule has 0 saturated carbocycles. The second-order valence-electron chi connectivity index (χ2n) is 7.75. The molecule has 7 nitrogen and oxygen atoms in total. The SMILES string of the molecule is Cc1cc(N2CC(CNC(=O)c3ccc(Cl)s3)=CN2N2CCN(C)CC2)ccc1N. The molecule has 1 saturated heterocycles. The highest BCUT2D eigenvalue weighted by Crippen LogP contribution is 2.28. The van der Waals surface area contributed by atoms with Gasteiger partial charge >= 0.3 is 0 Å². The third kappa shape index (κ3) is 4.57. The van der Waals surface area contributed by atoms with Crippen molar-refractivity contribution in [2.75, 3.05) is 57.1 Å². The van der Waals surface area contributed by atoms with E-state index in [1.807, 2.05) is 13.0 Å². The number of thiophene rings is 1. The van der Waals surface area contributed by atoms with Crippen LogP contribution in [0, 0.1) is 6.92 Å². The Morgan fingerprint density at radius 3 is 2.63 bits per heavy atom. The van der Waals surface area contributed by atoms with Crippen LogP contribution in [-0.4, -0.2) is 67.3 Å². The van der Waals surface area contributed by atoms with Crippen LogP contribution < -0.4 is 16.1 Å². The van der Waals surface area contributed by atoms with E-state index in [0.29, 0.717) is 22.3 Å². The van der Waals surface area contributed by atoms with Gasteiger partial charge in [-0.15, -0.1) is 11.3 Å². The first kappa shape index (κ1) is 21.0. The Kier molecular flexibility index (Phi) is 6.19. The Bertz CT molecular complexity index is 953. The third-order valence-electron chi connectivity index (χ3n) is 5.49. The summed E-state index contributed by atoms with van der Waals surface area (Å²) >= 11 is 7.24. The Balaban J connectivity index is 1.50. The minimum Gasteiger partial charge on any atom is -0.399 e. The van der Waals surface area contributed by atoms with Gasteiger partial charge in [0, 0.05) is 44.6 Å². The largest absolute Gasteiger partial charge is 0.399 e. The van der Waals surface area contributed by atoms with Gasteiger partial charge in [-0.2, -0.15) is 5.01 Å². The van der Waals surface area contributed by atoms with Gasteiger partial charge in [-0.3, -0.25) is 9.80 Å². The summed E-state index contributed by atoms with van der Waals surface area (Å²) in [6.45, 7) is 7.16. The van der Waals surface area contributed by atoms with E-state index in [1.165, 1.54) is 11.3 Å². The van der Waals surface area contributed by atoms with Gasteiger partial charge in [0.2, 0.25) is 0 Å². The average molecular weight is 447 g/mol. The number of piperazine rings is 1. The summed E-state index contributed by atoms with van der Waals surface area (Å²) in [7, 11) is 2.15. The van der Waals surface area contributed by atoms with E-state index >= 15 is 0 Å². The lowest BCUT2D eigenvalue weighted by molar-refractivity contribution is -0.0171. The number of anilines is 2. The number of carbonyl (C=O) groups is 1. The lowest BCUT2D eigenvalue weighted by atomic mass is 10.2. The number of likely N-dealkylation sites (N-methyl/N-ethyl adjacent to an activating group) is 1. The van der Waals surface area contributed by atoms with Crippen molar-refractivity contribution in [3.8, 4) is 0 Å². The predicted molar refractivity (Wildman–Crippen MR) is 124 cm³/mol. The molecule has 1 aromatic carbocycles. The number of hydrogen-bond acceptors (Lipinski definition) is 7. The van der Waals surface area contributed by atoms with Gasteiger partial charge in [-0.1, -0.05) is 11.6 Å². The Labute approximate surface area is 186 Å². The number of hydrogen-bond donors (Lipinski definition) is 2. The summed E-state index contributed by atoms with van der Waals surface area (Å²) in [6, 6.07) is 9.62. The van der Waals surface area contributed by atoms with Crippen molar-refractivity contribution in [2.24, 2.45) is 0 Å². The Hall–Kier alpha value is -2.26. The topological polar surface area (TPSA) is 68.1 Å². The van der Waals surface area contributed by atoms with Gasteiger partial charge in [0.25, 0.3) is 5.91 Å². The van der Waals surface area contributed by atoms with Crippen molar-refractivity contribution < 1.29 is 4.79 Å². The fourth-order valence-corrected chi connectivity index (χ4v) is 4.58. The number of nitrogen functional groups attached to an aromatic ring is 1. The molecule has 1 amide bonds. The second kappa shape index (κ2) is 8.85. The molecule has 0 bridgehead atoms. The number of benzene rings is 1. The maximum atomic E-state index is 12.4. The highest BCUT2D eigenvalue weighted by Gasteiger charge is 2.29. The molecule has 2 aliphatic heterocycles. The van der Waals surface area contributed by atoms with Crippen LogP contribution in [0.25, 0.3) is 0 Å². The fraction of sp³-hybridized carbons (Fsp3) is 0.381. The zero-order valence-electron chi connectivity index (χ0n) is 17.3. The molecule has 30 heavy (non-hydrogen) atoms. The van der Waals surface area contributed by atoms with Crippen LogP contribution in [-0.2, 0) is 0 Å². The summed E-state index contributed by atoms with van der Waals surface area (Å²) < 4.78 is 0.617. The molecule has 0 unspecified atom stereocenters. The number of rotatable bonds is 5. The number of carbonyl (C=O) groups excluding carboxylic acids is 1. The second-order valence-corrected chi connectivity index (χ2v) is 9.46. The minimum atomic E-state index is -0.0965. The Morgan fingerprint density at radius 2 is 1.97 bits per heavy atom. The van der Waals surface area contributed by atoms with E-state index in [2.05, 4.69) is 50.7 Å². The number of aryl methyl sites for hydroxylation is 1.